The number of piperidine rings is 1. The van der Waals surface area contributed by atoms with Crippen LogP contribution in [0.2, 0.25) is 0 Å². The number of nitrogens with zero attached hydrogens (tertiary/aromatic N) is 5. The third kappa shape index (κ3) is 4.22. The Hall–Kier alpha value is -1.83. The van der Waals surface area contributed by atoms with Crippen molar-refractivity contribution in [2.24, 2.45) is 0 Å². The highest BCUT2D eigenvalue weighted by molar-refractivity contribution is 5.65. The minimum Gasteiger partial charge on any atom is -0.488 e. The molecule has 3 saturated heterocycles. The van der Waals surface area contributed by atoms with E-state index in [1.807, 2.05) is 16.8 Å². The molecule has 0 spiro atoms. The first-order valence-corrected chi connectivity index (χ1v) is 11.2. The fourth-order valence-electron chi connectivity index (χ4n) is 4.90. The number of rotatable bonds is 4. The van der Waals surface area contributed by atoms with E-state index in [0.29, 0.717) is 0 Å². The Labute approximate surface area is 173 Å². The van der Waals surface area contributed by atoms with E-state index in [9.17, 15) is 0 Å². The van der Waals surface area contributed by atoms with Gasteiger partial charge in [0.25, 0.3) is 0 Å². The predicted octanol–water partition coefficient (Wildman–Crippen LogP) is 2.11. The van der Waals surface area contributed by atoms with Crippen LogP contribution in [0.1, 0.15) is 25.7 Å². The molecule has 0 atom stereocenters. The van der Waals surface area contributed by atoms with Crippen LogP contribution in [-0.4, -0.2) is 91.1 Å². The number of ether oxygens (including phenoxy) is 2. The summed E-state index contributed by atoms with van der Waals surface area (Å²) in [5.74, 6) is 0.952. The Kier molecular flexibility index (Phi) is 5.61. The molecular formula is C22H33N5O2. The second kappa shape index (κ2) is 8.50. The van der Waals surface area contributed by atoms with Gasteiger partial charge in [0.1, 0.15) is 17.4 Å². The number of hydrogen-bond acceptors (Lipinski definition) is 6. The second-order valence-electron chi connectivity index (χ2n) is 8.71. The standard InChI is InChI=1S/C22H33N5O2/c1-24-10-12-26(13-11-24)18-3-8-25(9-4-18)19-16-22(21-2-7-23-27(21)17-19)29-20-5-14-28-15-6-20/h2,7,16-18,20H,3-6,8-15H2,1H3. The summed E-state index contributed by atoms with van der Waals surface area (Å²) in [6.07, 6.45) is 8.63. The van der Waals surface area contributed by atoms with Crippen molar-refractivity contribution in [3.63, 3.8) is 0 Å². The van der Waals surface area contributed by atoms with Crippen molar-refractivity contribution in [1.82, 2.24) is 19.4 Å². The summed E-state index contributed by atoms with van der Waals surface area (Å²) in [6.45, 7) is 8.60. The fourth-order valence-corrected chi connectivity index (χ4v) is 4.90. The van der Waals surface area contributed by atoms with Gasteiger partial charge in [0, 0.05) is 64.2 Å². The van der Waals surface area contributed by atoms with Gasteiger partial charge >= 0.3 is 0 Å². The van der Waals surface area contributed by atoms with Crippen LogP contribution in [0, 0.1) is 0 Å². The van der Waals surface area contributed by atoms with Crippen LogP contribution in [0.4, 0.5) is 5.69 Å². The van der Waals surface area contributed by atoms with Crippen molar-refractivity contribution < 1.29 is 9.47 Å². The van der Waals surface area contributed by atoms with Crippen LogP contribution < -0.4 is 9.64 Å². The zero-order valence-corrected chi connectivity index (χ0v) is 17.5. The van der Waals surface area contributed by atoms with Gasteiger partial charge in [-0.2, -0.15) is 5.10 Å². The molecule has 3 fully saturated rings. The Bertz CT molecular complexity index is 803. The topological polar surface area (TPSA) is 45.5 Å². The number of hydrogen-bond donors (Lipinski definition) is 0. The average molecular weight is 400 g/mol. The molecule has 29 heavy (non-hydrogen) atoms. The maximum Gasteiger partial charge on any atom is 0.147 e. The van der Waals surface area contributed by atoms with Gasteiger partial charge in [-0.05, 0) is 26.0 Å². The van der Waals surface area contributed by atoms with Crippen LogP contribution >= 0.6 is 0 Å². The van der Waals surface area contributed by atoms with E-state index in [4.69, 9.17) is 9.47 Å². The first-order valence-electron chi connectivity index (χ1n) is 11.2. The lowest BCUT2D eigenvalue weighted by Gasteiger charge is -2.42. The zero-order chi connectivity index (χ0) is 19.6. The van der Waals surface area contributed by atoms with Crippen LogP contribution in [0.15, 0.2) is 24.5 Å². The lowest BCUT2D eigenvalue weighted by Crippen LogP contribution is -2.52. The minimum atomic E-state index is 0.237. The quantitative estimate of drug-likeness (QED) is 0.785. The van der Waals surface area contributed by atoms with Gasteiger partial charge < -0.3 is 19.3 Å². The van der Waals surface area contributed by atoms with E-state index in [2.05, 4.69) is 39.1 Å². The third-order valence-electron chi connectivity index (χ3n) is 6.80. The molecule has 5 heterocycles. The molecule has 2 aromatic rings. The Morgan fingerprint density at radius 1 is 1.00 bits per heavy atom. The summed E-state index contributed by atoms with van der Waals surface area (Å²) >= 11 is 0. The van der Waals surface area contributed by atoms with Gasteiger partial charge in [-0.25, -0.2) is 4.52 Å². The van der Waals surface area contributed by atoms with Crippen molar-refractivity contribution in [3.05, 3.63) is 24.5 Å². The summed E-state index contributed by atoms with van der Waals surface area (Å²) in [5.41, 5.74) is 2.27. The summed E-state index contributed by atoms with van der Waals surface area (Å²) in [5, 5.41) is 4.50. The monoisotopic (exact) mass is 399 g/mol. The first kappa shape index (κ1) is 19.2. The van der Waals surface area contributed by atoms with Gasteiger partial charge in [-0.15, -0.1) is 0 Å². The van der Waals surface area contributed by atoms with Crippen LogP contribution in [-0.2, 0) is 4.74 Å². The molecule has 3 aliphatic heterocycles. The van der Waals surface area contributed by atoms with E-state index in [1.165, 1.54) is 44.7 Å². The molecular weight excluding hydrogens is 366 g/mol. The van der Waals surface area contributed by atoms with Gasteiger partial charge in [0.05, 0.1) is 31.3 Å². The Balaban J connectivity index is 1.28. The number of likely N-dealkylation sites (N-methyl/N-ethyl adjacent to an activating group) is 1. The molecule has 7 nitrogen and oxygen atoms in total. The van der Waals surface area contributed by atoms with Gasteiger partial charge in [0.2, 0.25) is 0 Å². The number of pyridine rings is 1. The van der Waals surface area contributed by atoms with Crippen molar-refractivity contribution in [2.75, 3.05) is 64.4 Å². The highest BCUT2D eigenvalue weighted by atomic mass is 16.5. The van der Waals surface area contributed by atoms with E-state index < -0.39 is 0 Å². The van der Waals surface area contributed by atoms with E-state index in [-0.39, 0.29) is 6.10 Å². The van der Waals surface area contributed by atoms with E-state index in [0.717, 1.165) is 56.5 Å². The third-order valence-corrected chi connectivity index (χ3v) is 6.80. The number of anilines is 1. The molecule has 0 radical (unpaired) electrons. The predicted molar refractivity (Wildman–Crippen MR) is 114 cm³/mol. The average Bonchev–Trinajstić information content (AvgIpc) is 3.24. The van der Waals surface area contributed by atoms with E-state index in [1.54, 1.807) is 0 Å². The first-order chi connectivity index (χ1) is 14.3. The lowest BCUT2D eigenvalue weighted by molar-refractivity contribution is 0.0260. The summed E-state index contributed by atoms with van der Waals surface area (Å²) < 4.78 is 13.9. The van der Waals surface area contributed by atoms with Gasteiger partial charge in [0.15, 0.2) is 0 Å². The molecule has 158 valence electrons. The Morgan fingerprint density at radius 3 is 2.52 bits per heavy atom. The van der Waals surface area contributed by atoms with Crippen molar-refractivity contribution in [2.45, 2.75) is 37.8 Å². The number of fused-ring (bicyclic) bond motifs is 1. The van der Waals surface area contributed by atoms with Crippen molar-refractivity contribution >= 4 is 11.2 Å². The van der Waals surface area contributed by atoms with Crippen molar-refractivity contribution in [1.29, 1.82) is 0 Å². The lowest BCUT2D eigenvalue weighted by atomic mass is 10.0. The molecule has 0 saturated carbocycles. The van der Waals surface area contributed by atoms with E-state index >= 15 is 0 Å². The molecule has 0 amide bonds. The molecule has 0 bridgehead atoms. The van der Waals surface area contributed by atoms with Gasteiger partial charge in [-0.1, -0.05) is 0 Å². The van der Waals surface area contributed by atoms with Gasteiger partial charge in [-0.3, -0.25) is 4.90 Å². The SMILES string of the molecule is CN1CCN(C2CCN(c3cc(OC4CCOCC4)c4ccnn4c3)CC2)CC1. The largest absolute Gasteiger partial charge is 0.488 e. The molecule has 2 aromatic heterocycles. The molecule has 0 N–H and O–H groups in total. The minimum absolute atomic E-state index is 0.237. The summed E-state index contributed by atoms with van der Waals surface area (Å²) in [7, 11) is 2.23. The molecule has 3 aliphatic rings. The second-order valence-corrected chi connectivity index (χ2v) is 8.71. The molecule has 0 aliphatic carbocycles. The highest BCUT2D eigenvalue weighted by Crippen LogP contribution is 2.31. The number of aromatic nitrogens is 2. The molecule has 7 heteroatoms. The summed E-state index contributed by atoms with van der Waals surface area (Å²) in [6, 6.07) is 4.99. The molecule has 0 aromatic carbocycles. The fraction of sp³-hybridized carbons (Fsp3) is 0.682. The normalized spacial score (nSPS) is 23.7. The molecule has 0 unspecified atom stereocenters. The molecule has 5 rings (SSSR count). The maximum atomic E-state index is 6.40. The van der Waals surface area contributed by atoms with Crippen LogP contribution in [0.25, 0.3) is 5.52 Å². The van der Waals surface area contributed by atoms with Crippen LogP contribution in [0.5, 0.6) is 5.75 Å². The Morgan fingerprint density at radius 2 is 1.76 bits per heavy atom. The maximum absolute atomic E-state index is 6.40. The smallest absolute Gasteiger partial charge is 0.147 e. The number of piperazine rings is 1. The highest BCUT2D eigenvalue weighted by Gasteiger charge is 2.27. The van der Waals surface area contributed by atoms with Crippen LogP contribution in [0.3, 0.4) is 0 Å². The summed E-state index contributed by atoms with van der Waals surface area (Å²) in [4.78, 5) is 7.64. The van der Waals surface area contributed by atoms with Crippen molar-refractivity contribution in [3.8, 4) is 5.75 Å². The zero-order valence-electron chi connectivity index (χ0n) is 17.5.